The SMILES string of the molecule is C[C@H]1c2ccccc2C[C@H]1NC(=O)NCc1cc2ccccc2n(C)c1=O. The highest BCUT2D eigenvalue weighted by Gasteiger charge is 2.29. The fourth-order valence-corrected chi connectivity index (χ4v) is 3.98. The van der Waals surface area contributed by atoms with Gasteiger partial charge in [0.25, 0.3) is 5.56 Å². The van der Waals surface area contributed by atoms with Gasteiger partial charge < -0.3 is 15.2 Å². The van der Waals surface area contributed by atoms with Crippen LogP contribution in [0, 0.1) is 0 Å². The summed E-state index contributed by atoms with van der Waals surface area (Å²) in [4.78, 5) is 24.9. The Morgan fingerprint density at radius 2 is 1.89 bits per heavy atom. The van der Waals surface area contributed by atoms with Crippen molar-refractivity contribution < 1.29 is 4.79 Å². The minimum atomic E-state index is -0.241. The zero-order chi connectivity index (χ0) is 19.0. The second-order valence-corrected chi connectivity index (χ2v) is 7.22. The van der Waals surface area contributed by atoms with Gasteiger partial charge in [-0.1, -0.05) is 49.4 Å². The third-order valence-electron chi connectivity index (χ3n) is 5.55. The number of urea groups is 1. The number of hydrogen-bond donors (Lipinski definition) is 2. The molecule has 138 valence electrons. The molecule has 0 radical (unpaired) electrons. The van der Waals surface area contributed by atoms with E-state index in [1.54, 1.807) is 11.6 Å². The van der Waals surface area contributed by atoms with E-state index in [1.807, 2.05) is 42.5 Å². The molecule has 0 fully saturated rings. The van der Waals surface area contributed by atoms with E-state index in [2.05, 4.69) is 29.7 Å². The van der Waals surface area contributed by atoms with E-state index in [9.17, 15) is 9.59 Å². The van der Waals surface area contributed by atoms with Crippen LogP contribution in [0.3, 0.4) is 0 Å². The van der Waals surface area contributed by atoms with E-state index in [-0.39, 0.29) is 30.1 Å². The fraction of sp³-hybridized carbons (Fsp3) is 0.273. The molecule has 0 saturated heterocycles. The van der Waals surface area contributed by atoms with Crippen LogP contribution in [0.5, 0.6) is 0 Å². The van der Waals surface area contributed by atoms with Crippen LogP contribution in [0.2, 0.25) is 0 Å². The molecule has 0 bridgehead atoms. The molecule has 1 heterocycles. The molecule has 4 rings (SSSR count). The minimum absolute atomic E-state index is 0.0711. The van der Waals surface area contributed by atoms with E-state index in [4.69, 9.17) is 0 Å². The molecule has 2 N–H and O–H groups in total. The first-order chi connectivity index (χ1) is 13.0. The average molecular weight is 361 g/mol. The molecule has 2 amide bonds. The highest BCUT2D eigenvalue weighted by molar-refractivity contribution is 5.80. The van der Waals surface area contributed by atoms with Crippen molar-refractivity contribution in [2.75, 3.05) is 0 Å². The summed E-state index contributed by atoms with van der Waals surface area (Å²) >= 11 is 0. The van der Waals surface area contributed by atoms with Gasteiger partial charge in [-0.3, -0.25) is 4.79 Å². The number of carbonyl (C=O) groups excluding carboxylic acids is 1. The first-order valence-electron chi connectivity index (χ1n) is 9.24. The van der Waals surface area contributed by atoms with Gasteiger partial charge in [0.2, 0.25) is 0 Å². The number of hydrogen-bond acceptors (Lipinski definition) is 2. The minimum Gasteiger partial charge on any atom is -0.334 e. The molecule has 1 aliphatic rings. The molecule has 0 unspecified atom stereocenters. The number of pyridine rings is 1. The van der Waals surface area contributed by atoms with Crippen molar-refractivity contribution in [2.45, 2.75) is 31.8 Å². The maximum Gasteiger partial charge on any atom is 0.315 e. The van der Waals surface area contributed by atoms with Crippen molar-refractivity contribution in [1.29, 1.82) is 0 Å². The zero-order valence-corrected chi connectivity index (χ0v) is 15.5. The summed E-state index contributed by atoms with van der Waals surface area (Å²) in [5.74, 6) is 0.278. The monoisotopic (exact) mass is 361 g/mol. The molecule has 0 saturated carbocycles. The molecule has 27 heavy (non-hydrogen) atoms. The average Bonchev–Trinajstić information content (AvgIpc) is 2.99. The molecular formula is C22H23N3O2. The summed E-state index contributed by atoms with van der Waals surface area (Å²) in [6, 6.07) is 17.7. The lowest BCUT2D eigenvalue weighted by atomic mass is 10.0. The van der Waals surface area contributed by atoms with Crippen LogP contribution < -0.4 is 16.2 Å². The number of amides is 2. The van der Waals surface area contributed by atoms with E-state index in [0.717, 1.165) is 17.3 Å². The van der Waals surface area contributed by atoms with Gasteiger partial charge in [0, 0.05) is 31.1 Å². The van der Waals surface area contributed by atoms with Gasteiger partial charge >= 0.3 is 6.03 Å². The van der Waals surface area contributed by atoms with Gasteiger partial charge in [-0.15, -0.1) is 0 Å². The van der Waals surface area contributed by atoms with Crippen molar-refractivity contribution in [1.82, 2.24) is 15.2 Å². The smallest absolute Gasteiger partial charge is 0.315 e. The summed E-state index contributed by atoms with van der Waals surface area (Å²) in [6.45, 7) is 2.34. The van der Waals surface area contributed by atoms with E-state index < -0.39 is 0 Å². The molecule has 5 nitrogen and oxygen atoms in total. The highest BCUT2D eigenvalue weighted by atomic mass is 16.2. The first kappa shape index (κ1) is 17.3. The Labute approximate surface area is 158 Å². The zero-order valence-electron chi connectivity index (χ0n) is 15.5. The molecule has 0 spiro atoms. The Balaban J connectivity index is 1.44. The van der Waals surface area contributed by atoms with Crippen LogP contribution >= 0.6 is 0 Å². The molecule has 3 aromatic rings. The summed E-state index contributed by atoms with van der Waals surface area (Å²) in [7, 11) is 1.76. The molecule has 1 aliphatic carbocycles. The standard InChI is InChI=1S/C22H23N3O2/c1-14-18-9-5-3-7-15(18)12-19(14)24-22(27)23-13-17-11-16-8-4-6-10-20(16)25(2)21(17)26/h3-11,14,19H,12-13H2,1-2H3,(H2,23,24,27)/t14-,19+/m0/s1. The third-order valence-corrected chi connectivity index (χ3v) is 5.55. The van der Waals surface area contributed by atoms with Crippen LogP contribution in [0.15, 0.2) is 59.4 Å². The van der Waals surface area contributed by atoms with Gasteiger partial charge in [-0.25, -0.2) is 4.79 Å². The lowest BCUT2D eigenvalue weighted by molar-refractivity contribution is 0.235. The Kier molecular flexibility index (Phi) is 4.44. The number of fused-ring (bicyclic) bond motifs is 2. The van der Waals surface area contributed by atoms with Crippen LogP contribution in [-0.2, 0) is 20.0 Å². The summed E-state index contributed by atoms with van der Waals surface area (Å²) in [6.07, 6.45) is 0.836. The first-order valence-corrected chi connectivity index (χ1v) is 9.24. The quantitative estimate of drug-likeness (QED) is 0.753. The van der Waals surface area contributed by atoms with E-state index in [1.165, 1.54) is 11.1 Å². The second-order valence-electron chi connectivity index (χ2n) is 7.22. The van der Waals surface area contributed by atoms with Crippen molar-refractivity contribution >= 4 is 16.9 Å². The highest BCUT2D eigenvalue weighted by Crippen LogP contribution is 2.32. The number of nitrogens with zero attached hydrogens (tertiary/aromatic N) is 1. The Hall–Kier alpha value is -3.08. The maximum absolute atomic E-state index is 12.5. The molecule has 2 atom stereocenters. The lowest BCUT2D eigenvalue weighted by Crippen LogP contribution is -2.44. The number of para-hydroxylation sites is 1. The Morgan fingerprint density at radius 3 is 2.70 bits per heavy atom. The van der Waals surface area contributed by atoms with Crippen molar-refractivity contribution in [3.8, 4) is 0 Å². The molecule has 2 aromatic carbocycles. The Bertz CT molecular complexity index is 1070. The molecule has 5 heteroatoms. The van der Waals surface area contributed by atoms with Gasteiger partial charge in [-0.2, -0.15) is 0 Å². The van der Waals surface area contributed by atoms with E-state index >= 15 is 0 Å². The number of aromatic nitrogens is 1. The van der Waals surface area contributed by atoms with Crippen molar-refractivity contribution in [3.05, 3.63) is 81.6 Å². The lowest BCUT2D eigenvalue weighted by Gasteiger charge is -2.18. The normalized spacial score (nSPS) is 18.3. The van der Waals surface area contributed by atoms with Gasteiger partial charge in [0.15, 0.2) is 0 Å². The number of nitrogens with one attached hydrogen (secondary N) is 2. The molecule has 1 aromatic heterocycles. The number of aryl methyl sites for hydroxylation is 1. The summed E-state index contributed by atoms with van der Waals surface area (Å²) < 4.78 is 1.62. The van der Waals surface area contributed by atoms with Crippen molar-refractivity contribution in [2.24, 2.45) is 7.05 Å². The van der Waals surface area contributed by atoms with Crippen LogP contribution in [0.25, 0.3) is 10.9 Å². The number of carbonyl (C=O) groups is 1. The van der Waals surface area contributed by atoms with Gasteiger partial charge in [-0.05, 0) is 35.1 Å². The predicted octanol–water partition coefficient (Wildman–Crippen LogP) is 3.07. The third kappa shape index (κ3) is 3.21. The van der Waals surface area contributed by atoms with Crippen molar-refractivity contribution in [3.63, 3.8) is 0 Å². The Morgan fingerprint density at radius 1 is 1.15 bits per heavy atom. The molecular weight excluding hydrogens is 338 g/mol. The van der Waals surface area contributed by atoms with Crippen LogP contribution in [-0.4, -0.2) is 16.6 Å². The van der Waals surface area contributed by atoms with Crippen LogP contribution in [0.1, 0.15) is 29.5 Å². The topological polar surface area (TPSA) is 63.1 Å². The van der Waals surface area contributed by atoms with Gasteiger partial charge in [0.1, 0.15) is 0 Å². The van der Waals surface area contributed by atoms with E-state index in [0.29, 0.717) is 5.56 Å². The fourth-order valence-electron chi connectivity index (χ4n) is 3.98. The largest absolute Gasteiger partial charge is 0.334 e. The van der Waals surface area contributed by atoms with Crippen LogP contribution in [0.4, 0.5) is 4.79 Å². The number of benzene rings is 2. The van der Waals surface area contributed by atoms with Gasteiger partial charge in [0.05, 0.1) is 5.52 Å². The predicted molar refractivity (Wildman–Crippen MR) is 107 cm³/mol. The summed E-state index contributed by atoms with van der Waals surface area (Å²) in [5, 5.41) is 6.88. The second kappa shape index (κ2) is 6.91. The molecule has 0 aliphatic heterocycles. The number of rotatable bonds is 3. The summed E-state index contributed by atoms with van der Waals surface area (Å²) in [5.41, 5.74) is 3.96. The maximum atomic E-state index is 12.5.